The first-order chi connectivity index (χ1) is 5.79. The second-order valence-corrected chi connectivity index (χ2v) is 3.36. The van der Waals surface area contributed by atoms with E-state index in [1.807, 2.05) is 0 Å². The molecule has 0 unspecified atom stereocenters. The molecule has 2 heterocycles. The van der Waals surface area contributed by atoms with E-state index in [0.29, 0.717) is 0 Å². The van der Waals surface area contributed by atoms with E-state index in [4.69, 9.17) is 0 Å². The summed E-state index contributed by atoms with van der Waals surface area (Å²) >= 11 is 0. The van der Waals surface area contributed by atoms with E-state index in [0.717, 1.165) is 31.8 Å². The largest absolute Gasteiger partial charge is 0.335 e. The van der Waals surface area contributed by atoms with Gasteiger partial charge in [0.2, 0.25) is 0 Å². The highest BCUT2D eigenvalue weighted by molar-refractivity contribution is 5.18. The SMILES string of the molecule is Cc1nc2c(n1C)CCNCC2. The van der Waals surface area contributed by atoms with Crippen LogP contribution in [-0.4, -0.2) is 22.6 Å². The molecule has 0 saturated carbocycles. The molecule has 12 heavy (non-hydrogen) atoms. The zero-order chi connectivity index (χ0) is 8.55. The minimum atomic E-state index is 1.07. The van der Waals surface area contributed by atoms with Crippen LogP contribution >= 0.6 is 0 Å². The third-order valence-electron chi connectivity index (χ3n) is 2.60. The maximum absolute atomic E-state index is 4.53. The lowest BCUT2D eigenvalue weighted by Gasteiger charge is -2.01. The van der Waals surface area contributed by atoms with Crippen LogP contribution in [0.15, 0.2) is 0 Å². The number of fused-ring (bicyclic) bond motifs is 1. The maximum Gasteiger partial charge on any atom is 0.105 e. The van der Waals surface area contributed by atoms with Crippen LogP contribution in [0.4, 0.5) is 0 Å². The van der Waals surface area contributed by atoms with Gasteiger partial charge in [-0.25, -0.2) is 4.98 Å². The Morgan fingerprint density at radius 2 is 2.08 bits per heavy atom. The molecule has 1 N–H and O–H groups in total. The third-order valence-corrected chi connectivity index (χ3v) is 2.60. The fourth-order valence-electron chi connectivity index (χ4n) is 1.77. The summed E-state index contributed by atoms with van der Waals surface area (Å²) in [7, 11) is 2.10. The number of rotatable bonds is 0. The van der Waals surface area contributed by atoms with Crippen LogP contribution in [0.3, 0.4) is 0 Å². The average molecular weight is 165 g/mol. The molecule has 1 aliphatic rings. The molecule has 3 nitrogen and oxygen atoms in total. The van der Waals surface area contributed by atoms with Gasteiger partial charge in [-0.3, -0.25) is 0 Å². The smallest absolute Gasteiger partial charge is 0.105 e. The molecule has 0 amide bonds. The Morgan fingerprint density at radius 1 is 1.33 bits per heavy atom. The second kappa shape index (κ2) is 2.90. The maximum atomic E-state index is 4.53. The van der Waals surface area contributed by atoms with E-state index < -0.39 is 0 Å². The number of aryl methyl sites for hydroxylation is 1. The average Bonchev–Trinajstić information content (AvgIpc) is 2.30. The highest BCUT2D eigenvalue weighted by Gasteiger charge is 2.13. The molecule has 0 fully saturated rings. The van der Waals surface area contributed by atoms with Gasteiger partial charge < -0.3 is 9.88 Å². The molecule has 0 spiro atoms. The van der Waals surface area contributed by atoms with Gasteiger partial charge in [-0.15, -0.1) is 0 Å². The minimum Gasteiger partial charge on any atom is -0.335 e. The summed E-state index contributed by atoms with van der Waals surface area (Å²) in [6, 6.07) is 0. The first-order valence-electron chi connectivity index (χ1n) is 4.51. The quantitative estimate of drug-likeness (QED) is 0.603. The first-order valence-corrected chi connectivity index (χ1v) is 4.51. The van der Waals surface area contributed by atoms with Crippen molar-refractivity contribution >= 4 is 0 Å². The second-order valence-electron chi connectivity index (χ2n) is 3.36. The fraction of sp³-hybridized carbons (Fsp3) is 0.667. The Labute approximate surface area is 72.8 Å². The van der Waals surface area contributed by atoms with Gasteiger partial charge in [0.05, 0.1) is 5.69 Å². The molecule has 0 atom stereocenters. The molecule has 2 rings (SSSR count). The Hall–Kier alpha value is -0.830. The number of hydrogen-bond donors (Lipinski definition) is 1. The zero-order valence-corrected chi connectivity index (χ0v) is 7.72. The summed E-state index contributed by atoms with van der Waals surface area (Å²) in [6.07, 6.45) is 2.20. The van der Waals surface area contributed by atoms with Gasteiger partial charge >= 0.3 is 0 Å². The van der Waals surface area contributed by atoms with Crippen LogP contribution in [0.2, 0.25) is 0 Å². The number of nitrogens with zero attached hydrogens (tertiary/aromatic N) is 2. The van der Waals surface area contributed by atoms with Crippen LogP contribution in [0.5, 0.6) is 0 Å². The zero-order valence-electron chi connectivity index (χ0n) is 7.72. The summed E-state index contributed by atoms with van der Waals surface area (Å²) in [5.41, 5.74) is 2.71. The Balaban J connectivity index is 2.42. The predicted molar refractivity (Wildman–Crippen MR) is 48.2 cm³/mol. The number of imidazole rings is 1. The fourth-order valence-corrected chi connectivity index (χ4v) is 1.77. The van der Waals surface area contributed by atoms with Crippen molar-refractivity contribution in [3.05, 3.63) is 17.2 Å². The lowest BCUT2D eigenvalue weighted by molar-refractivity contribution is 0.685. The third kappa shape index (κ3) is 1.14. The van der Waals surface area contributed by atoms with Gasteiger partial charge in [0.1, 0.15) is 5.82 Å². The Kier molecular flexibility index (Phi) is 1.89. The van der Waals surface area contributed by atoms with Gasteiger partial charge in [0, 0.05) is 38.7 Å². The number of nitrogens with one attached hydrogen (secondary N) is 1. The lowest BCUT2D eigenvalue weighted by Crippen LogP contribution is -2.17. The molecular formula is C9H15N3. The van der Waals surface area contributed by atoms with Crippen LogP contribution in [0, 0.1) is 6.92 Å². The monoisotopic (exact) mass is 165 g/mol. The van der Waals surface area contributed by atoms with E-state index in [1.165, 1.54) is 11.4 Å². The molecule has 0 radical (unpaired) electrons. The molecule has 66 valence electrons. The number of hydrogen-bond acceptors (Lipinski definition) is 2. The predicted octanol–water partition coefficient (Wildman–Crippen LogP) is 0.417. The summed E-state index contributed by atoms with van der Waals surface area (Å²) < 4.78 is 2.21. The van der Waals surface area contributed by atoms with Crippen molar-refractivity contribution in [2.75, 3.05) is 13.1 Å². The van der Waals surface area contributed by atoms with Crippen molar-refractivity contribution in [3.8, 4) is 0 Å². The highest BCUT2D eigenvalue weighted by Crippen LogP contribution is 2.12. The van der Waals surface area contributed by atoms with Gasteiger partial charge in [0.15, 0.2) is 0 Å². The van der Waals surface area contributed by atoms with E-state index in [-0.39, 0.29) is 0 Å². The van der Waals surface area contributed by atoms with Crippen molar-refractivity contribution in [2.45, 2.75) is 19.8 Å². The van der Waals surface area contributed by atoms with Crippen molar-refractivity contribution < 1.29 is 0 Å². The van der Waals surface area contributed by atoms with E-state index in [1.54, 1.807) is 0 Å². The first kappa shape index (κ1) is 7.80. The molecule has 3 heteroatoms. The molecular weight excluding hydrogens is 150 g/mol. The van der Waals surface area contributed by atoms with Crippen LogP contribution in [0.25, 0.3) is 0 Å². The van der Waals surface area contributed by atoms with Crippen LogP contribution in [0.1, 0.15) is 17.2 Å². The summed E-state index contributed by atoms with van der Waals surface area (Å²) in [5.74, 6) is 1.14. The minimum absolute atomic E-state index is 1.07. The molecule has 0 bridgehead atoms. The Bertz CT molecular complexity index is 288. The highest BCUT2D eigenvalue weighted by atomic mass is 15.1. The van der Waals surface area contributed by atoms with E-state index in [9.17, 15) is 0 Å². The topological polar surface area (TPSA) is 29.9 Å². The normalized spacial score (nSPS) is 17.2. The molecule has 0 saturated heterocycles. The summed E-state index contributed by atoms with van der Waals surface area (Å²) in [6.45, 7) is 4.23. The summed E-state index contributed by atoms with van der Waals surface area (Å²) in [4.78, 5) is 4.53. The van der Waals surface area contributed by atoms with Crippen molar-refractivity contribution in [2.24, 2.45) is 7.05 Å². The van der Waals surface area contributed by atoms with Gasteiger partial charge in [-0.2, -0.15) is 0 Å². The molecule has 1 aromatic rings. The Morgan fingerprint density at radius 3 is 2.92 bits per heavy atom. The van der Waals surface area contributed by atoms with Crippen molar-refractivity contribution in [1.82, 2.24) is 14.9 Å². The van der Waals surface area contributed by atoms with Crippen LogP contribution < -0.4 is 5.32 Å². The summed E-state index contributed by atoms with van der Waals surface area (Å²) in [5, 5.41) is 3.37. The molecule has 0 aromatic carbocycles. The standard InChI is InChI=1S/C9H15N3/c1-7-11-8-3-5-10-6-4-9(8)12(7)2/h10H,3-6H2,1-2H3. The van der Waals surface area contributed by atoms with Crippen molar-refractivity contribution in [3.63, 3.8) is 0 Å². The number of aromatic nitrogens is 2. The van der Waals surface area contributed by atoms with Crippen molar-refractivity contribution in [1.29, 1.82) is 0 Å². The molecule has 1 aliphatic heterocycles. The van der Waals surface area contributed by atoms with E-state index in [2.05, 4.69) is 28.8 Å². The van der Waals surface area contributed by atoms with E-state index >= 15 is 0 Å². The van der Waals surface area contributed by atoms with Gasteiger partial charge in [-0.1, -0.05) is 0 Å². The molecule has 1 aromatic heterocycles. The van der Waals surface area contributed by atoms with Crippen LogP contribution in [-0.2, 0) is 19.9 Å². The van der Waals surface area contributed by atoms with Gasteiger partial charge in [-0.05, 0) is 6.92 Å². The van der Waals surface area contributed by atoms with Gasteiger partial charge in [0.25, 0.3) is 0 Å². The molecule has 0 aliphatic carbocycles. The lowest BCUT2D eigenvalue weighted by atomic mass is 10.2.